The van der Waals surface area contributed by atoms with Crippen molar-refractivity contribution in [1.82, 2.24) is 9.97 Å². The summed E-state index contributed by atoms with van der Waals surface area (Å²) in [6.45, 7) is 6.56. The van der Waals surface area contributed by atoms with Crippen LogP contribution in [-0.2, 0) is 14.2 Å². The maximum atomic E-state index is 11.2. The van der Waals surface area contributed by atoms with Gasteiger partial charge < -0.3 is 30.2 Å². The summed E-state index contributed by atoms with van der Waals surface area (Å²) in [7, 11) is 3.31. The van der Waals surface area contributed by atoms with E-state index in [1.54, 1.807) is 26.4 Å². The fraction of sp³-hybridized carbons (Fsp3) is 0.600. The number of aromatic nitrogens is 2. The lowest BCUT2D eigenvalue weighted by atomic mass is 10.3. The molecule has 2 aromatic rings. The zero-order chi connectivity index (χ0) is 27.4. The standard InChI is InChI=1S/C25H40N8O5/c1-4-5-17-38-18-9-13-27-24-22(32-31-20-10-6-11-21(19-20)33(34)35)23(26-12-7-15-36-2)29-25(30-24)28-14-8-16-37-3/h6,10-11,19H,4-5,7-9,12-18H2,1-3H3,(H3,26,27,28,29,30). The molecule has 0 aliphatic rings. The summed E-state index contributed by atoms with van der Waals surface area (Å²) < 4.78 is 15.9. The molecule has 13 nitrogen and oxygen atoms in total. The predicted octanol–water partition coefficient (Wildman–Crippen LogP) is 5.32. The second-order valence-electron chi connectivity index (χ2n) is 8.36. The van der Waals surface area contributed by atoms with E-state index in [9.17, 15) is 10.1 Å². The molecule has 13 heteroatoms. The van der Waals surface area contributed by atoms with E-state index in [1.807, 2.05) is 0 Å². The summed E-state index contributed by atoms with van der Waals surface area (Å²) in [6.07, 6.45) is 4.47. The number of benzene rings is 1. The summed E-state index contributed by atoms with van der Waals surface area (Å²) in [4.78, 5) is 20.0. The summed E-state index contributed by atoms with van der Waals surface area (Å²) >= 11 is 0. The maximum absolute atomic E-state index is 11.2. The molecule has 38 heavy (non-hydrogen) atoms. The molecule has 210 valence electrons. The molecule has 0 saturated heterocycles. The number of hydrogen-bond acceptors (Lipinski definition) is 12. The minimum atomic E-state index is -0.468. The van der Waals surface area contributed by atoms with Crippen molar-refractivity contribution in [3.8, 4) is 0 Å². The van der Waals surface area contributed by atoms with Gasteiger partial charge in [-0.2, -0.15) is 15.1 Å². The molecular weight excluding hydrogens is 492 g/mol. The number of anilines is 3. The van der Waals surface area contributed by atoms with Crippen LogP contribution in [0, 0.1) is 10.1 Å². The van der Waals surface area contributed by atoms with Crippen molar-refractivity contribution >= 4 is 34.6 Å². The van der Waals surface area contributed by atoms with E-state index in [0.717, 1.165) is 38.7 Å². The van der Waals surface area contributed by atoms with Gasteiger partial charge in [0.1, 0.15) is 0 Å². The maximum Gasteiger partial charge on any atom is 0.271 e. The zero-order valence-corrected chi connectivity index (χ0v) is 22.6. The molecule has 0 saturated carbocycles. The summed E-state index contributed by atoms with van der Waals surface area (Å²) in [5, 5.41) is 29.7. The van der Waals surface area contributed by atoms with E-state index in [2.05, 4.69) is 43.1 Å². The molecule has 0 amide bonds. The Kier molecular flexibility index (Phi) is 15.2. The molecular formula is C25H40N8O5. The van der Waals surface area contributed by atoms with E-state index in [1.165, 1.54) is 12.1 Å². The van der Waals surface area contributed by atoms with E-state index < -0.39 is 4.92 Å². The van der Waals surface area contributed by atoms with Crippen LogP contribution in [0.25, 0.3) is 0 Å². The Morgan fingerprint density at radius 2 is 1.47 bits per heavy atom. The normalized spacial score (nSPS) is 11.1. The van der Waals surface area contributed by atoms with Crippen molar-refractivity contribution in [1.29, 1.82) is 0 Å². The number of unbranched alkanes of at least 4 members (excludes halogenated alkanes) is 1. The van der Waals surface area contributed by atoms with Gasteiger partial charge in [-0.15, -0.1) is 5.11 Å². The van der Waals surface area contributed by atoms with Crippen LogP contribution in [0.5, 0.6) is 0 Å². The number of ether oxygens (including phenoxy) is 3. The SMILES string of the molecule is CCCCOCCCNc1nc(NCCCOC)nc(NCCCOC)c1N=Nc1cccc([N+](=O)[O-])c1. The Morgan fingerprint density at radius 3 is 2.08 bits per heavy atom. The third-order valence-corrected chi connectivity index (χ3v) is 5.22. The van der Waals surface area contributed by atoms with Crippen LogP contribution in [0.1, 0.15) is 39.0 Å². The highest BCUT2D eigenvalue weighted by atomic mass is 16.6. The van der Waals surface area contributed by atoms with Crippen LogP contribution < -0.4 is 16.0 Å². The van der Waals surface area contributed by atoms with Gasteiger partial charge in [0.2, 0.25) is 5.95 Å². The van der Waals surface area contributed by atoms with Gasteiger partial charge in [0, 0.05) is 72.4 Å². The van der Waals surface area contributed by atoms with Gasteiger partial charge in [0.15, 0.2) is 17.3 Å². The first-order chi connectivity index (χ1) is 18.6. The Morgan fingerprint density at radius 1 is 0.868 bits per heavy atom. The molecule has 0 aliphatic carbocycles. The largest absolute Gasteiger partial charge is 0.385 e. The van der Waals surface area contributed by atoms with Gasteiger partial charge in [0.25, 0.3) is 5.69 Å². The van der Waals surface area contributed by atoms with Crippen LogP contribution in [0.4, 0.5) is 34.6 Å². The third kappa shape index (κ3) is 11.8. The van der Waals surface area contributed by atoms with Crippen LogP contribution in [0.2, 0.25) is 0 Å². The molecule has 0 radical (unpaired) electrons. The van der Waals surface area contributed by atoms with E-state index in [4.69, 9.17) is 14.2 Å². The van der Waals surface area contributed by atoms with Crippen molar-refractivity contribution in [3.63, 3.8) is 0 Å². The quantitative estimate of drug-likeness (QED) is 0.0832. The Labute approximate surface area is 223 Å². The molecule has 0 unspecified atom stereocenters. The molecule has 2 rings (SSSR count). The van der Waals surface area contributed by atoms with Gasteiger partial charge in [-0.05, 0) is 31.7 Å². The second-order valence-corrected chi connectivity index (χ2v) is 8.36. The number of hydrogen-bond donors (Lipinski definition) is 3. The molecule has 0 bridgehead atoms. The van der Waals surface area contributed by atoms with Crippen LogP contribution in [-0.4, -0.2) is 75.2 Å². The topological polar surface area (TPSA) is 157 Å². The van der Waals surface area contributed by atoms with Crippen molar-refractivity contribution in [3.05, 3.63) is 34.4 Å². The molecule has 0 spiro atoms. The molecule has 3 N–H and O–H groups in total. The summed E-state index contributed by atoms with van der Waals surface area (Å²) in [5.41, 5.74) is 0.692. The number of nitro groups is 1. The Hall–Kier alpha value is -3.42. The van der Waals surface area contributed by atoms with E-state index in [0.29, 0.717) is 68.4 Å². The number of nitro benzene ring substituents is 1. The average molecular weight is 533 g/mol. The molecule has 0 atom stereocenters. The number of rotatable bonds is 21. The number of nitrogens with one attached hydrogen (secondary N) is 3. The number of azo groups is 1. The third-order valence-electron chi connectivity index (χ3n) is 5.22. The lowest BCUT2D eigenvalue weighted by Crippen LogP contribution is -2.14. The van der Waals surface area contributed by atoms with Crippen LogP contribution in [0.15, 0.2) is 34.5 Å². The highest BCUT2D eigenvalue weighted by Crippen LogP contribution is 2.34. The van der Waals surface area contributed by atoms with Gasteiger partial charge in [-0.1, -0.05) is 19.4 Å². The highest BCUT2D eigenvalue weighted by Gasteiger charge is 2.15. The lowest BCUT2D eigenvalue weighted by molar-refractivity contribution is -0.384. The average Bonchev–Trinajstić information content (AvgIpc) is 2.92. The first-order valence-electron chi connectivity index (χ1n) is 12.9. The van der Waals surface area contributed by atoms with Gasteiger partial charge >= 0.3 is 0 Å². The Bertz CT molecular complexity index is 992. The molecule has 1 aromatic heterocycles. The number of methoxy groups -OCH3 is 2. The smallest absolute Gasteiger partial charge is 0.271 e. The van der Waals surface area contributed by atoms with Gasteiger partial charge in [-0.3, -0.25) is 10.1 Å². The summed E-state index contributed by atoms with van der Waals surface area (Å²) in [6, 6.07) is 5.99. The summed E-state index contributed by atoms with van der Waals surface area (Å²) in [5.74, 6) is 1.42. The number of nitrogens with zero attached hydrogens (tertiary/aromatic N) is 5. The van der Waals surface area contributed by atoms with E-state index in [-0.39, 0.29) is 5.69 Å². The van der Waals surface area contributed by atoms with E-state index >= 15 is 0 Å². The van der Waals surface area contributed by atoms with Crippen molar-refractivity contribution in [2.75, 3.05) is 76.2 Å². The van der Waals surface area contributed by atoms with Crippen LogP contribution >= 0.6 is 0 Å². The fourth-order valence-corrected chi connectivity index (χ4v) is 3.22. The minimum Gasteiger partial charge on any atom is -0.385 e. The van der Waals surface area contributed by atoms with Crippen molar-refractivity contribution < 1.29 is 19.1 Å². The highest BCUT2D eigenvalue weighted by molar-refractivity contribution is 5.75. The second kappa shape index (κ2) is 18.8. The fourth-order valence-electron chi connectivity index (χ4n) is 3.22. The molecule has 1 aromatic carbocycles. The first kappa shape index (κ1) is 30.8. The predicted molar refractivity (Wildman–Crippen MR) is 148 cm³/mol. The number of non-ortho nitro benzene ring substituents is 1. The Balaban J connectivity index is 2.30. The van der Waals surface area contributed by atoms with Gasteiger partial charge in [0.05, 0.1) is 10.6 Å². The van der Waals surface area contributed by atoms with Gasteiger partial charge in [-0.25, -0.2) is 0 Å². The van der Waals surface area contributed by atoms with Crippen LogP contribution in [0.3, 0.4) is 0 Å². The first-order valence-corrected chi connectivity index (χ1v) is 12.9. The van der Waals surface area contributed by atoms with Crippen molar-refractivity contribution in [2.45, 2.75) is 39.0 Å². The monoisotopic (exact) mass is 532 g/mol. The lowest BCUT2D eigenvalue weighted by Gasteiger charge is -2.15. The minimum absolute atomic E-state index is 0.0624. The zero-order valence-electron chi connectivity index (χ0n) is 22.6. The van der Waals surface area contributed by atoms with Crippen molar-refractivity contribution in [2.24, 2.45) is 10.2 Å². The molecule has 0 fully saturated rings. The molecule has 0 aliphatic heterocycles. The molecule has 1 heterocycles.